The fourth-order valence-corrected chi connectivity index (χ4v) is 3.90. The highest BCUT2D eigenvalue weighted by Crippen LogP contribution is 2.29. The third kappa shape index (κ3) is 3.43. The average Bonchev–Trinajstić information content (AvgIpc) is 3.05. The molecule has 0 bridgehead atoms. The smallest absolute Gasteiger partial charge is 0.256 e. The number of aromatic nitrogens is 2. The van der Waals surface area contributed by atoms with E-state index in [4.69, 9.17) is 12.2 Å². The number of hydrogen-bond acceptors (Lipinski definition) is 4. The molecule has 0 saturated carbocycles. The van der Waals surface area contributed by atoms with Crippen LogP contribution in [-0.4, -0.2) is 44.3 Å². The summed E-state index contributed by atoms with van der Waals surface area (Å²) < 4.78 is 1.89. The molecule has 25 heavy (non-hydrogen) atoms. The van der Waals surface area contributed by atoms with Gasteiger partial charge in [0.1, 0.15) is 6.04 Å². The van der Waals surface area contributed by atoms with Gasteiger partial charge in [0.05, 0.1) is 11.4 Å². The van der Waals surface area contributed by atoms with Crippen molar-refractivity contribution in [3.05, 3.63) is 47.3 Å². The second-order valence-corrected chi connectivity index (χ2v) is 7.42. The van der Waals surface area contributed by atoms with Gasteiger partial charge in [-0.2, -0.15) is 16.9 Å². The number of aryl methyl sites for hydroxylation is 1. The highest BCUT2D eigenvalue weighted by Gasteiger charge is 2.39. The highest BCUT2D eigenvalue weighted by molar-refractivity contribution is 7.98. The molecule has 0 unspecified atom stereocenters. The van der Waals surface area contributed by atoms with Crippen molar-refractivity contribution < 1.29 is 4.79 Å². The van der Waals surface area contributed by atoms with E-state index in [2.05, 4.69) is 16.7 Å². The molecule has 0 radical (unpaired) electrons. The number of thioether (sulfide) groups is 1. The van der Waals surface area contributed by atoms with Gasteiger partial charge < -0.3 is 5.32 Å². The normalized spacial score (nSPS) is 17.2. The molecule has 3 rings (SSSR count). The van der Waals surface area contributed by atoms with Crippen LogP contribution < -0.4 is 5.32 Å². The van der Waals surface area contributed by atoms with Gasteiger partial charge in [-0.25, -0.2) is 4.68 Å². The van der Waals surface area contributed by atoms with Gasteiger partial charge in [0.25, 0.3) is 5.91 Å². The van der Waals surface area contributed by atoms with Crippen LogP contribution in [0.25, 0.3) is 5.69 Å². The maximum Gasteiger partial charge on any atom is 0.256 e. The number of benzene rings is 1. The van der Waals surface area contributed by atoms with Gasteiger partial charge in [0.15, 0.2) is 5.11 Å². The summed E-state index contributed by atoms with van der Waals surface area (Å²) in [6.45, 7) is 4.60. The second kappa shape index (κ2) is 7.58. The molecule has 1 aliphatic rings. The topological polar surface area (TPSA) is 50.2 Å². The molecule has 1 aromatic carbocycles. The van der Waals surface area contributed by atoms with Crippen molar-refractivity contribution in [2.45, 2.75) is 26.3 Å². The molecular weight excluding hydrogens is 352 g/mol. The molecular formula is C18H22N4OS2. The van der Waals surface area contributed by atoms with Gasteiger partial charge in [-0.3, -0.25) is 9.69 Å². The number of rotatable bonds is 6. The van der Waals surface area contributed by atoms with Crippen LogP contribution in [0.3, 0.4) is 0 Å². The Morgan fingerprint density at radius 3 is 2.68 bits per heavy atom. The number of carbonyl (C=O) groups is 1. The summed E-state index contributed by atoms with van der Waals surface area (Å²) in [6, 6.07) is 9.50. The lowest BCUT2D eigenvalue weighted by Gasteiger charge is -2.14. The number of nitrogens with zero attached hydrogens (tertiary/aromatic N) is 3. The van der Waals surface area contributed by atoms with Crippen molar-refractivity contribution >= 4 is 35.0 Å². The zero-order valence-electron chi connectivity index (χ0n) is 14.7. The lowest BCUT2D eigenvalue weighted by molar-refractivity contribution is -0.127. The molecule has 2 heterocycles. The molecule has 1 aromatic heterocycles. The first-order chi connectivity index (χ1) is 12.0. The minimum atomic E-state index is -0.445. The van der Waals surface area contributed by atoms with Crippen LogP contribution in [0.5, 0.6) is 0 Å². The maximum atomic E-state index is 12.9. The Hall–Kier alpha value is -1.86. The lowest BCUT2D eigenvalue weighted by Crippen LogP contribution is -2.31. The summed E-state index contributed by atoms with van der Waals surface area (Å²) in [6.07, 6.45) is 3.00. The lowest BCUT2D eigenvalue weighted by atomic mass is 10.0. The summed E-state index contributed by atoms with van der Waals surface area (Å²) >= 11 is 7.17. The molecule has 132 valence electrons. The first-order valence-electron chi connectivity index (χ1n) is 8.27. The van der Waals surface area contributed by atoms with Gasteiger partial charge >= 0.3 is 0 Å². The Balaban J connectivity index is 1.89. The Bertz CT molecular complexity index is 788. The number of para-hydroxylation sites is 1. The summed E-state index contributed by atoms with van der Waals surface area (Å²) in [5.74, 6) is 1.03. The minimum absolute atomic E-state index is 0.0184. The van der Waals surface area contributed by atoms with Crippen LogP contribution in [0.4, 0.5) is 0 Å². The molecule has 0 aliphatic carbocycles. The Kier molecular flexibility index (Phi) is 5.44. The SMILES string of the molecule is CSCCCN1C(=O)[C@H](c2c(C)nn(-c3ccccc3)c2C)NC1=S. The molecule has 0 spiro atoms. The van der Waals surface area contributed by atoms with Gasteiger partial charge in [0.2, 0.25) is 0 Å². The van der Waals surface area contributed by atoms with Crippen LogP contribution in [-0.2, 0) is 4.79 Å². The number of nitrogens with one attached hydrogen (secondary N) is 1. The molecule has 1 aliphatic heterocycles. The molecule has 1 N–H and O–H groups in total. The summed E-state index contributed by atoms with van der Waals surface area (Å²) in [4.78, 5) is 14.6. The maximum absolute atomic E-state index is 12.9. The first-order valence-corrected chi connectivity index (χ1v) is 10.1. The van der Waals surface area contributed by atoms with E-state index in [0.29, 0.717) is 11.7 Å². The van der Waals surface area contributed by atoms with Crippen LogP contribution in [0.2, 0.25) is 0 Å². The highest BCUT2D eigenvalue weighted by atomic mass is 32.2. The number of carbonyl (C=O) groups excluding carboxylic acids is 1. The molecule has 5 nitrogen and oxygen atoms in total. The summed E-state index contributed by atoms with van der Waals surface area (Å²) in [7, 11) is 0. The van der Waals surface area contributed by atoms with E-state index in [1.807, 2.05) is 48.9 Å². The predicted octanol–water partition coefficient (Wildman–Crippen LogP) is 3.00. The van der Waals surface area contributed by atoms with Gasteiger partial charge in [-0.15, -0.1) is 0 Å². The average molecular weight is 375 g/mol. The second-order valence-electron chi connectivity index (χ2n) is 6.05. The molecule has 1 atom stereocenters. The van der Waals surface area contributed by atoms with Gasteiger partial charge in [-0.1, -0.05) is 18.2 Å². The monoisotopic (exact) mass is 374 g/mol. The van der Waals surface area contributed by atoms with Crippen molar-refractivity contribution in [2.75, 3.05) is 18.6 Å². The van der Waals surface area contributed by atoms with Crippen LogP contribution in [0, 0.1) is 13.8 Å². The van der Waals surface area contributed by atoms with Crippen molar-refractivity contribution in [3.8, 4) is 5.69 Å². The number of hydrogen-bond donors (Lipinski definition) is 1. The van der Waals surface area contributed by atoms with E-state index in [-0.39, 0.29) is 5.91 Å². The predicted molar refractivity (Wildman–Crippen MR) is 106 cm³/mol. The molecule has 1 saturated heterocycles. The van der Waals surface area contributed by atoms with Crippen LogP contribution in [0.1, 0.15) is 29.4 Å². The van der Waals surface area contributed by atoms with E-state index in [9.17, 15) is 4.79 Å². The van der Waals surface area contributed by atoms with Crippen LogP contribution in [0.15, 0.2) is 30.3 Å². The zero-order valence-corrected chi connectivity index (χ0v) is 16.3. The van der Waals surface area contributed by atoms with E-state index in [1.54, 1.807) is 16.7 Å². The molecule has 2 aromatic rings. The largest absolute Gasteiger partial charge is 0.347 e. The summed E-state index contributed by atoms with van der Waals surface area (Å²) in [5, 5.41) is 8.35. The third-order valence-corrected chi connectivity index (χ3v) is 5.43. The Labute approximate surface area is 157 Å². The molecule has 1 fully saturated rings. The van der Waals surface area contributed by atoms with Gasteiger partial charge in [0, 0.05) is 17.8 Å². The minimum Gasteiger partial charge on any atom is -0.347 e. The number of thiocarbonyl (C=S) groups is 1. The fourth-order valence-electron chi connectivity index (χ4n) is 3.19. The summed E-state index contributed by atoms with van der Waals surface area (Å²) in [5.41, 5.74) is 3.71. The van der Waals surface area contributed by atoms with Gasteiger partial charge in [-0.05, 0) is 56.6 Å². The first kappa shape index (κ1) is 17.9. The Morgan fingerprint density at radius 1 is 1.28 bits per heavy atom. The molecule has 7 heteroatoms. The van der Waals surface area contributed by atoms with Crippen LogP contribution >= 0.6 is 24.0 Å². The van der Waals surface area contributed by atoms with E-state index in [0.717, 1.165) is 34.8 Å². The van der Waals surface area contributed by atoms with E-state index >= 15 is 0 Å². The van der Waals surface area contributed by atoms with Crippen molar-refractivity contribution in [1.82, 2.24) is 20.0 Å². The van der Waals surface area contributed by atoms with Crippen molar-refractivity contribution in [1.29, 1.82) is 0 Å². The Morgan fingerprint density at radius 2 is 2.00 bits per heavy atom. The van der Waals surface area contributed by atoms with Crippen molar-refractivity contribution in [2.24, 2.45) is 0 Å². The fraction of sp³-hybridized carbons (Fsp3) is 0.389. The molecule has 1 amide bonds. The number of amides is 1. The van der Waals surface area contributed by atoms with Crippen molar-refractivity contribution in [3.63, 3.8) is 0 Å². The standard InChI is InChI=1S/C18H22N4OS2/c1-12-15(13(2)22(20-12)14-8-5-4-6-9-14)16-17(23)21(18(24)19-16)10-7-11-25-3/h4-6,8-9,16H,7,10-11H2,1-3H3,(H,19,24)/t16-/m0/s1. The zero-order chi connectivity index (χ0) is 18.0. The van der Waals surface area contributed by atoms with E-state index in [1.165, 1.54) is 0 Å². The van der Waals surface area contributed by atoms with E-state index < -0.39 is 6.04 Å². The quantitative estimate of drug-likeness (QED) is 0.622. The third-order valence-electron chi connectivity index (χ3n) is 4.39.